The highest BCUT2D eigenvalue weighted by molar-refractivity contribution is 6.12. The Morgan fingerprint density at radius 3 is 0.764 bits per heavy atom. The fourth-order valence-corrected chi connectivity index (χ4v) is 21.7. The van der Waals surface area contributed by atoms with Crippen LogP contribution in [0.3, 0.4) is 0 Å². The first-order valence-corrected chi connectivity index (χ1v) is 49.5. The number of hydrogen-bond donors (Lipinski definition) is 0. The van der Waals surface area contributed by atoms with Gasteiger partial charge in [-0.3, -0.25) is 0 Å². The van der Waals surface area contributed by atoms with Gasteiger partial charge in [0.1, 0.15) is 0 Å². The summed E-state index contributed by atoms with van der Waals surface area (Å²) in [7, 11) is 0. The van der Waals surface area contributed by atoms with Gasteiger partial charge >= 0.3 is 0 Å². The number of anilines is 6. The first kappa shape index (κ1) is 85.4. The van der Waals surface area contributed by atoms with Gasteiger partial charge in [0.25, 0.3) is 0 Å². The van der Waals surface area contributed by atoms with E-state index in [0.717, 1.165) is 140 Å². The minimum absolute atomic E-state index is 1.06. The lowest BCUT2D eigenvalue weighted by molar-refractivity contribution is 1.18. The summed E-state index contributed by atoms with van der Waals surface area (Å²) in [6.07, 6.45) is 0. The molecule has 0 aliphatic carbocycles. The molecule has 0 radical (unpaired) electrons. The van der Waals surface area contributed by atoms with Crippen molar-refractivity contribution >= 4 is 99.3 Å². The third-order valence-electron chi connectivity index (χ3n) is 28.9. The molecule has 0 bridgehead atoms. The van der Waals surface area contributed by atoms with Gasteiger partial charge in [-0.1, -0.05) is 425 Å². The van der Waals surface area contributed by atoms with E-state index in [1.807, 2.05) is 0 Å². The van der Waals surface area contributed by atoms with Crippen LogP contribution in [0.25, 0.3) is 221 Å². The molecular formula is C140H94N4. The van der Waals surface area contributed by atoms with E-state index in [9.17, 15) is 0 Å². The zero-order valence-electron chi connectivity index (χ0n) is 79.1. The van der Waals surface area contributed by atoms with Crippen molar-refractivity contribution in [3.8, 4) is 156 Å². The monoisotopic (exact) mass is 1830 g/mol. The Hall–Kier alpha value is -19.0. The highest BCUT2D eigenvalue weighted by atomic mass is 15.1. The summed E-state index contributed by atoms with van der Waals surface area (Å²) in [5.41, 5.74) is 43.7. The molecule has 4 nitrogen and oxygen atoms in total. The van der Waals surface area contributed by atoms with E-state index in [1.165, 1.54) is 115 Å². The van der Waals surface area contributed by atoms with E-state index in [4.69, 9.17) is 0 Å². The van der Waals surface area contributed by atoms with Crippen LogP contribution in [-0.2, 0) is 0 Å². The SMILES string of the molecule is c1ccc(-c2cccc(-c3cccc(N(c4ccc(-c5ccc(-c6ccccc6-n6c7ccccc7c7ccc(-c8ccc9cc(-c%10cccc(-c%11ccc(N(c%12ccc(-c%13ccc(-c%14ccccc%14-n%14c%15ccccc%15c%15ccccc%15%14)cc%13)cc%12)c%12ccc(-c%13ccccc%13-c%13ccccc%13)cc%12)cc%11)c%10)ccc9c8)cc76)cc5)cc4)c4ccc(-c5cccc(-c6ccc7ccccc7c6)c5)cc4)c3)c2)cc1. The van der Waals surface area contributed by atoms with E-state index < -0.39 is 0 Å². The summed E-state index contributed by atoms with van der Waals surface area (Å²) in [6, 6.07) is 209. The molecule has 26 rings (SSSR count). The van der Waals surface area contributed by atoms with Gasteiger partial charge in [-0.15, -0.1) is 0 Å². The van der Waals surface area contributed by atoms with Crippen LogP contribution >= 0.6 is 0 Å². The number of aromatic nitrogens is 2. The highest BCUT2D eigenvalue weighted by Crippen LogP contribution is 2.47. The fraction of sp³-hybridized carbons (Fsp3) is 0. The van der Waals surface area contributed by atoms with Crippen molar-refractivity contribution in [2.24, 2.45) is 0 Å². The molecule has 144 heavy (non-hydrogen) atoms. The minimum Gasteiger partial charge on any atom is -0.311 e. The predicted octanol–water partition coefficient (Wildman–Crippen LogP) is 38.8. The third kappa shape index (κ3) is 16.2. The van der Waals surface area contributed by atoms with Crippen LogP contribution in [0.2, 0.25) is 0 Å². The Balaban J connectivity index is 0.468. The van der Waals surface area contributed by atoms with E-state index in [-0.39, 0.29) is 0 Å². The molecule has 0 unspecified atom stereocenters. The molecule has 674 valence electrons. The maximum Gasteiger partial charge on any atom is 0.0547 e. The minimum atomic E-state index is 1.06. The Labute approximate surface area is 838 Å². The average Bonchev–Trinajstić information content (AvgIpc) is 1.58. The highest BCUT2D eigenvalue weighted by Gasteiger charge is 2.24. The lowest BCUT2D eigenvalue weighted by atomic mass is 9.94. The Morgan fingerprint density at radius 2 is 0.340 bits per heavy atom. The van der Waals surface area contributed by atoms with Crippen molar-refractivity contribution in [3.63, 3.8) is 0 Å². The molecule has 0 aliphatic heterocycles. The molecule has 0 saturated heterocycles. The maximum absolute atomic E-state index is 2.48. The van der Waals surface area contributed by atoms with Crippen LogP contribution in [0.1, 0.15) is 0 Å². The molecule has 26 aromatic rings. The number of para-hydroxylation sites is 5. The number of fused-ring (bicyclic) bond motifs is 8. The van der Waals surface area contributed by atoms with Crippen LogP contribution in [-0.4, -0.2) is 9.13 Å². The first-order chi connectivity index (χ1) is 71.3. The third-order valence-corrected chi connectivity index (χ3v) is 28.9. The lowest BCUT2D eigenvalue weighted by Crippen LogP contribution is -2.10. The summed E-state index contributed by atoms with van der Waals surface area (Å²) >= 11 is 0. The standard InChI is InChI=1S/C140H94N4/c1-3-25-95(26-4-1)108-31-21-34-111(87-108)114-37-24-38-126(93-114)142(125-82-71-102(72-83-125)109-32-22-35-112(88-109)115-60-55-96-27-7-8-30-107(96)90-115)124-78-67-100(68-79-124)98-53-58-106(59-54-98)130-42-12-17-47-136(130)144-139-50-20-15-45-133(139)134-86-75-120(94-140(134)144)119-64-63-117-91-116(61-62-118(117)92-119)113-36-23-33-110(89-113)101-69-80-122(81-70-101)141(123-84-73-104(74-85-123)128-40-10-9-39-127(128)103-28-5-2-6-29-103)121-76-65-99(66-77-121)97-51-56-105(57-52-97)129-41-11-16-46-135(129)143-137-48-18-13-43-131(137)132-44-14-19-49-138(132)143/h1-94H. The van der Waals surface area contributed by atoms with Crippen LogP contribution in [0.4, 0.5) is 34.1 Å². The van der Waals surface area contributed by atoms with E-state index >= 15 is 0 Å². The molecule has 0 aliphatic rings. The molecule has 0 atom stereocenters. The van der Waals surface area contributed by atoms with Gasteiger partial charge in [0.15, 0.2) is 0 Å². The second-order valence-corrected chi connectivity index (χ2v) is 37.5. The summed E-state index contributed by atoms with van der Waals surface area (Å²) in [5, 5.41) is 9.78. The molecule has 0 spiro atoms. The molecule has 0 N–H and O–H groups in total. The van der Waals surface area contributed by atoms with E-state index in [1.54, 1.807) is 0 Å². The van der Waals surface area contributed by atoms with Gasteiger partial charge in [0.2, 0.25) is 0 Å². The van der Waals surface area contributed by atoms with Crippen molar-refractivity contribution < 1.29 is 0 Å². The first-order valence-electron chi connectivity index (χ1n) is 49.5. The van der Waals surface area contributed by atoms with Crippen LogP contribution < -0.4 is 9.80 Å². The second kappa shape index (κ2) is 37.1. The second-order valence-electron chi connectivity index (χ2n) is 37.5. The van der Waals surface area contributed by atoms with Crippen LogP contribution in [0.5, 0.6) is 0 Å². The summed E-state index contributed by atoms with van der Waals surface area (Å²) in [6.45, 7) is 0. The molecule has 0 saturated carbocycles. The molecule has 2 aromatic heterocycles. The van der Waals surface area contributed by atoms with Crippen molar-refractivity contribution in [3.05, 3.63) is 570 Å². The largest absolute Gasteiger partial charge is 0.311 e. The smallest absolute Gasteiger partial charge is 0.0547 e. The Kier molecular flexibility index (Phi) is 22.0. The lowest BCUT2D eigenvalue weighted by Gasteiger charge is -2.26. The Bertz CT molecular complexity index is 9270. The zero-order valence-corrected chi connectivity index (χ0v) is 79.1. The number of benzene rings is 24. The topological polar surface area (TPSA) is 16.3 Å². The number of rotatable bonds is 21. The molecule has 4 heteroatoms. The van der Waals surface area contributed by atoms with E-state index in [0.29, 0.717) is 0 Å². The van der Waals surface area contributed by atoms with Gasteiger partial charge < -0.3 is 18.9 Å². The van der Waals surface area contributed by atoms with Crippen molar-refractivity contribution in [1.29, 1.82) is 0 Å². The fourth-order valence-electron chi connectivity index (χ4n) is 21.7. The number of hydrogen-bond acceptors (Lipinski definition) is 2. The molecule has 24 aromatic carbocycles. The van der Waals surface area contributed by atoms with Crippen molar-refractivity contribution in [1.82, 2.24) is 9.13 Å². The normalized spacial score (nSPS) is 11.5. The van der Waals surface area contributed by atoms with Gasteiger partial charge in [0.05, 0.1) is 33.4 Å². The van der Waals surface area contributed by atoms with Gasteiger partial charge in [-0.2, -0.15) is 0 Å². The van der Waals surface area contributed by atoms with Gasteiger partial charge in [-0.05, 0) is 301 Å². The molecule has 2 heterocycles. The summed E-state index contributed by atoms with van der Waals surface area (Å²) in [5.74, 6) is 0. The van der Waals surface area contributed by atoms with Crippen LogP contribution in [0, 0.1) is 0 Å². The predicted molar refractivity (Wildman–Crippen MR) is 610 cm³/mol. The number of nitrogens with zero attached hydrogens (tertiary/aromatic N) is 4. The van der Waals surface area contributed by atoms with Gasteiger partial charge in [0, 0.05) is 66.8 Å². The van der Waals surface area contributed by atoms with Gasteiger partial charge in [-0.25, -0.2) is 0 Å². The van der Waals surface area contributed by atoms with E-state index in [2.05, 4.69) is 589 Å². The van der Waals surface area contributed by atoms with Crippen molar-refractivity contribution in [2.45, 2.75) is 0 Å². The quantitative estimate of drug-likeness (QED) is 0.0713. The Morgan fingerprint density at radius 1 is 0.111 bits per heavy atom. The van der Waals surface area contributed by atoms with Crippen LogP contribution in [0.15, 0.2) is 570 Å². The average molecular weight is 1830 g/mol. The molecule has 0 fully saturated rings. The molecule has 0 amide bonds. The molecular weight excluding hydrogens is 1740 g/mol. The maximum atomic E-state index is 2.48. The zero-order chi connectivity index (χ0) is 95.3. The summed E-state index contributed by atoms with van der Waals surface area (Å²) in [4.78, 5) is 4.76. The summed E-state index contributed by atoms with van der Waals surface area (Å²) < 4.78 is 4.89. The van der Waals surface area contributed by atoms with Crippen molar-refractivity contribution in [2.75, 3.05) is 9.80 Å².